The highest BCUT2D eigenvalue weighted by Gasteiger charge is 2.32. The van der Waals surface area contributed by atoms with Crippen LogP contribution in [0.25, 0.3) is 0 Å². The van der Waals surface area contributed by atoms with Crippen LogP contribution >= 0.6 is 0 Å². The molecule has 2 saturated heterocycles. The fraction of sp³-hybridized carbons (Fsp3) is 0.478. The maximum Gasteiger partial charge on any atom is 0.244 e. The van der Waals surface area contributed by atoms with Crippen molar-refractivity contribution in [3.8, 4) is 6.07 Å². The Bertz CT molecular complexity index is 1080. The Morgan fingerprint density at radius 2 is 1.94 bits per heavy atom. The molecule has 1 aromatic heterocycles. The molecule has 0 N–H and O–H groups in total. The van der Waals surface area contributed by atoms with Gasteiger partial charge < -0.3 is 14.1 Å². The molecule has 0 aliphatic carbocycles. The summed E-state index contributed by atoms with van der Waals surface area (Å²) in [7, 11) is -3.79. The zero-order valence-corrected chi connectivity index (χ0v) is 19.2. The van der Waals surface area contributed by atoms with Crippen LogP contribution in [0.5, 0.6) is 0 Å². The molecule has 1 aromatic carbocycles. The van der Waals surface area contributed by atoms with E-state index < -0.39 is 10.0 Å². The summed E-state index contributed by atoms with van der Waals surface area (Å²) in [5.41, 5.74) is 0.124. The Balaban J connectivity index is 1.37. The summed E-state index contributed by atoms with van der Waals surface area (Å²) in [4.78, 5) is 16.8. The normalized spacial score (nSPS) is 19.6. The number of hydrogen-bond donors (Lipinski definition) is 0. The number of furan rings is 1. The third-order valence-electron chi connectivity index (χ3n) is 6.02. The molecule has 10 heteroatoms. The Labute approximate surface area is 194 Å². The van der Waals surface area contributed by atoms with Crippen LogP contribution in [0.4, 0.5) is 0 Å². The third kappa shape index (κ3) is 5.62. The first-order chi connectivity index (χ1) is 16.0. The maximum atomic E-state index is 13.0. The third-order valence-corrected chi connectivity index (χ3v) is 7.98. The summed E-state index contributed by atoms with van der Waals surface area (Å²) in [6, 6.07) is 11.8. The van der Waals surface area contributed by atoms with E-state index in [0.717, 1.165) is 25.2 Å². The summed E-state index contributed by atoms with van der Waals surface area (Å²) < 4.78 is 38.6. The van der Waals surface area contributed by atoms with Crippen LogP contribution in [0.2, 0.25) is 0 Å². The van der Waals surface area contributed by atoms with E-state index >= 15 is 0 Å². The van der Waals surface area contributed by atoms with Crippen molar-refractivity contribution in [1.82, 2.24) is 14.1 Å². The van der Waals surface area contributed by atoms with E-state index in [1.54, 1.807) is 23.3 Å². The molecule has 0 bridgehead atoms. The fourth-order valence-electron chi connectivity index (χ4n) is 4.28. The second-order valence-electron chi connectivity index (χ2n) is 8.28. The summed E-state index contributed by atoms with van der Waals surface area (Å²) in [5, 5.41) is 9.27. The predicted octanol–water partition coefficient (Wildman–Crippen LogP) is 1.67. The van der Waals surface area contributed by atoms with E-state index in [1.165, 1.54) is 16.4 Å². The Kier molecular flexibility index (Phi) is 7.45. The quantitative estimate of drug-likeness (QED) is 0.575. The average Bonchev–Trinajstić information content (AvgIpc) is 3.53. The first kappa shape index (κ1) is 23.4. The standard InChI is InChI=1S/C23H28N4O5S/c24-15-19-5-1-2-8-22(19)33(29,30)27-11-9-26(10-12-27)23(28)18-25(16-20-6-3-13-31-20)17-21-7-4-14-32-21/h1-3,5-6,8,13,21H,4,7,9-12,14,16-18H2. The largest absolute Gasteiger partial charge is 0.468 e. The van der Waals surface area contributed by atoms with Crippen molar-refractivity contribution >= 4 is 15.9 Å². The van der Waals surface area contributed by atoms with Gasteiger partial charge in [0.15, 0.2) is 0 Å². The van der Waals surface area contributed by atoms with Crippen LogP contribution in [0, 0.1) is 11.3 Å². The van der Waals surface area contributed by atoms with Crippen molar-refractivity contribution in [1.29, 1.82) is 5.26 Å². The minimum Gasteiger partial charge on any atom is -0.468 e. The molecular weight excluding hydrogens is 444 g/mol. The van der Waals surface area contributed by atoms with Crippen LogP contribution < -0.4 is 0 Å². The maximum absolute atomic E-state index is 13.0. The number of carbonyl (C=O) groups is 1. The van der Waals surface area contributed by atoms with Gasteiger partial charge in [-0.15, -0.1) is 0 Å². The lowest BCUT2D eigenvalue weighted by molar-refractivity contribution is -0.134. The number of nitrogens with zero attached hydrogens (tertiary/aromatic N) is 4. The van der Waals surface area contributed by atoms with Gasteiger partial charge in [0.1, 0.15) is 11.8 Å². The van der Waals surface area contributed by atoms with Crippen LogP contribution in [0.15, 0.2) is 52.0 Å². The lowest BCUT2D eigenvalue weighted by Crippen LogP contribution is -2.52. The highest BCUT2D eigenvalue weighted by atomic mass is 32.2. The first-order valence-electron chi connectivity index (χ1n) is 11.1. The number of amides is 1. The summed E-state index contributed by atoms with van der Waals surface area (Å²) in [5.74, 6) is 0.738. The van der Waals surface area contributed by atoms with Gasteiger partial charge in [-0.05, 0) is 37.1 Å². The average molecular weight is 473 g/mol. The van der Waals surface area contributed by atoms with E-state index in [-0.39, 0.29) is 42.1 Å². The SMILES string of the molecule is N#Cc1ccccc1S(=O)(=O)N1CCN(C(=O)CN(Cc2ccco2)CC2CCCO2)CC1. The van der Waals surface area contributed by atoms with Gasteiger partial charge in [-0.25, -0.2) is 8.42 Å². The number of hydrogen-bond acceptors (Lipinski definition) is 7. The summed E-state index contributed by atoms with van der Waals surface area (Å²) >= 11 is 0. The minimum absolute atomic E-state index is 0.00784. The van der Waals surface area contributed by atoms with E-state index in [4.69, 9.17) is 9.15 Å². The molecule has 2 aliphatic rings. The Morgan fingerprint density at radius 1 is 1.15 bits per heavy atom. The van der Waals surface area contributed by atoms with Crippen LogP contribution in [0.1, 0.15) is 24.2 Å². The zero-order valence-electron chi connectivity index (χ0n) is 18.4. The van der Waals surface area contributed by atoms with Gasteiger partial charge in [0.2, 0.25) is 15.9 Å². The highest BCUT2D eigenvalue weighted by molar-refractivity contribution is 7.89. The molecule has 1 unspecified atom stereocenters. The van der Waals surface area contributed by atoms with Crippen LogP contribution in [-0.4, -0.2) is 80.4 Å². The second-order valence-corrected chi connectivity index (χ2v) is 10.2. The van der Waals surface area contributed by atoms with Crippen molar-refractivity contribution < 1.29 is 22.4 Å². The molecular formula is C23H28N4O5S. The van der Waals surface area contributed by atoms with Gasteiger partial charge in [0.05, 0.1) is 35.9 Å². The number of nitriles is 1. The molecule has 2 aliphatic heterocycles. The van der Waals surface area contributed by atoms with Crippen molar-refractivity contribution in [3.05, 3.63) is 54.0 Å². The van der Waals surface area contributed by atoms with Gasteiger partial charge >= 0.3 is 0 Å². The van der Waals surface area contributed by atoms with E-state index in [0.29, 0.717) is 26.2 Å². The molecule has 4 rings (SSSR count). The summed E-state index contributed by atoms with van der Waals surface area (Å²) in [6.07, 6.45) is 3.73. The van der Waals surface area contributed by atoms with Crippen molar-refractivity contribution in [2.45, 2.75) is 30.4 Å². The monoisotopic (exact) mass is 472 g/mol. The lowest BCUT2D eigenvalue weighted by atomic mass is 10.2. The molecule has 1 atom stereocenters. The number of carbonyl (C=O) groups excluding carboxylic acids is 1. The van der Waals surface area contributed by atoms with Crippen LogP contribution in [-0.2, 0) is 26.1 Å². The van der Waals surface area contributed by atoms with E-state index in [9.17, 15) is 18.5 Å². The van der Waals surface area contributed by atoms with Gasteiger partial charge in [-0.3, -0.25) is 9.69 Å². The molecule has 2 fully saturated rings. The molecule has 0 saturated carbocycles. The molecule has 176 valence electrons. The van der Waals surface area contributed by atoms with Gasteiger partial charge in [-0.2, -0.15) is 9.57 Å². The Morgan fingerprint density at radius 3 is 2.61 bits per heavy atom. The van der Waals surface area contributed by atoms with Crippen molar-refractivity contribution in [2.75, 3.05) is 45.9 Å². The first-order valence-corrected chi connectivity index (χ1v) is 12.5. The summed E-state index contributed by atoms with van der Waals surface area (Å²) in [6.45, 7) is 3.12. The van der Waals surface area contributed by atoms with E-state index in [2.05, 4.69) is 0 Å². The highest BCUT2D eigenvalue weighted by Crippen LogP contribution is 2.21. The molecule has 2 aromatic rings. The van der Waals surface area contributed by atoms with Crippen molar-refractivity contribution in [3.63, 3.8) is 0 Å². The molecule has 9 nitrogen and oxygen atoms in total. The van der Waals surface area contributed by atoms with Crippen molar-refractivity contribution in [2.24, 2.45) is 0 Å². The topological polar surface area (TPSA) is 107 Å². The van der Waals surface area contributed by atoms with E-state index in [1.807, 2.05) is 23.1 Å². The molecule has 0 spiro atoms. The van der Waals surface area contributed by atoms with Gasteiger partial charge in [0.25, 0.3) is 0 Å². The Hall–Kier alpha value is -2.71. The number of ether oxygens (including phenoxy) is 1. The number of sulfonamides is 1. The molecule has 1 amide bonds. The predicted molar refractivity (Wildman–Crippen MR) is 119 cm³/mol. The zero-order chi connectivity index (χ0) is 23.3. The molecule has 3 heterocycles. The lowest BCUT2D eigenvalue weighted by Gasteiger charge is -2.35. The molecule has 33 heavy (non-hydrogen) atoms. The number of rotatable bonds is 8. The van der Waals surface area contributed by atoms with Gasteiger partial charge in [0, 0.05) is 39.3 Å². The smallest absolute Gasteiger partial charge is 0.244 e. The minimum atomic E-state index is -3.79. The van der Waals surface area contributed by atoms with Gasteiger partial charge in [-0.1, -0.05) is 12.1 Å². The number of piperazine rings is 1. The second kappa shape index (κ2) is 10.5. The fourth-order valence-corrected chi connectivity index (χ4v) is 5.84. The van der Waals surface area contributed by atoms with Crippen LogP contribution in [0.3, 0.4) is 0 Å². The number of benzene rings is 1. The molecule has 0 radical (unpaired) electrons.